The first-order chi connectivity index (χ1) is 8.06. The van der Waals surface area contributed by atoms with Crippen LogP contribution in [-0.2, 0) is 9.59 Å². The van der Waals surface area contributed by atoms with E-state index < -0.39 is 0 Å². The van der Waals surface area contributed by atoms with E-state index in [-0.39, 0.29) is 23.8 Å². The minimum atomic E-state index is -0.0283. The van der Waals surface area contributed by atoms with E-state index in [1.807, 2.05) is 6.92 Å². The van der Waals surface area contributed by atoms with Crippen molar-refractivity contribution in [2.45, 2.75) is 32.2 Å². The fraction of sp³-hybridized carbons (Fsp3) is 0.833. The van der Waals surface area contributed by atoms with Gasteiger partial charge >= 0.3 is 0 Å². The maximum Gasteiger partial charge on any atom is 0.226 e. The molecule has 0 aromatic rings. The van der Waals surface area contributed by atoms with E-state index >= 15 is 0 Å². The average Bonchev–Trinajstić information content (AvgIpc) is 2.35. The van der Waals surface area contributed by atoms with E-state index in [4.69, 9.17) is 0 Å². The van der Waals surface area contributed by atoms with Crippen molar-refractivity contribution < 1.29 is 9.59 Å². The zero-order valence-electron chi connectivity index (χ0n) is 11.0. The van der Waals surface area contributed by atoms with Gasteiger partial charge < -0.3 is 15.5 Å². The summed E-state index contributed by atoms with van der Waals surface area (Å²) in [4.78, 5) is 25.0. The molecular formula is C12H23N3O2. The summed E-state index contributed by atoms with van der Waals surface area (Å²) in [6.45, 7) is 3.53. The Morgan fingerprint density at radius 1 is 1.47 bits per heavy atom. The predicted octanol–water partition coefficient (Wildman–Crippen LogP) is -0.0310. The van der Waals surface area contributed by atoms with Gasteiger partial charge in [-0.25, -0.2) is 0 Å². The summed E-state index contributed by atoms with van der Waals surface area (Å²) < 4.78 is 0. The molecule has 0 spiro atoms. The molecule has 17 heavy (non-hydrogen) atoms. The van der Waals surface area contributed by atoms with Crippen LogP contribution in [0.4, 0.5) is 0 Å². The molecule has 2 unspecified atom stereocenters. The fourth-order valence-electron chi connectivity index (χ4n) is 2.17. The molecule has 0 aromatic heterocycles. The van der Waals surface area contributed by atoms with Gasteiger partial charge in [-0.3, -0.25) is 9.59 Å². The van der Waals surface area contributed by atoms with Crippen LogP contribution in [0.2, 0.25) is 0 Å². The van der Waals surface area contributed by atoms with Crippen LogP contribution in [-0.4, -0.2) is 49.9 Å². The highest BCUT2D eigenvalue weighted by Crippen LogP contribution is 2.18. The number of piperidine rings is 1. The maximum atomic E-state index is 12.2. The third-order valence-electron chi connectivity index (χ3n) is 3.41. The van der Waals surface area contributed by atoms with Crippen LogP contribution in [0.3, 0.4) is 0 Å². The van der Waals surface area contributed by atoms with Crippen LogP contribution < -0.4 is 10.6 Å². The zero-order valence-corrected chi connectivity index (χ0v) is 11.0. The maximum absolute atomic E-state index is 12.2. The van der Waals surface area contributed by atoms with Crippen LogP contribution in [0.15, 0.2) is 0 Å². The van der Waals surface area contributed by atoms with Crippen molar-refractivity contribution in [3.8, 4) is 0 Å². The number of hydrogen-bond donors (Lipinski definition) is 2. The molecule has 98 valence electrons. The molecule has 0 bridgehead atoms. The highest BCUT2D eigenvalue weighted by Gasteiger charge is 2.29. The Morgan fingerprint density at radius 2 is 2.18 bits per heavy atom. The molecule has 0 aromatic carbocycles. The van der Waals surface area contributed by atoms with Gasteiger partial charge in [0.05, 0.1) is 5.92 Å². The average molecular weight is 241 g/mol. The van der Waals surface area contributed by atoms with Crippen LogP contribution in [0, 0.1) is 5.92 Å². The molecule has 2 N–H and O–H groups in total. The van der Waals surface area contributed by atoms with Crippen LogP contribution in [0.25, 0.3) is 0 Å². The summed E-state index contributed by atoms with van der Waals surface area (Å²) in [5.41, 5.74) is 0. The fourth-order valence-corrected chi connectivity index (χ4v) is 2.17. The third kappa shape index (κ3) is 4.00. The Bertz CT molecular complexity index is 281. The van der Waals surface area contributed by atoms with Crippen LogP contribution in [0.1, 0.15) is 26.2 Å². The normalized spacial score (nSPS) is 24.2. The molecule has 1 saturated heterocycles. The number of hydrogen-bond acceptors (Lipinski definition) is 3. The smallest absolute Gasteiger partial charge is 0.226 e. The minimum absolute atomic E-state index is 0.0283. The van der Waals surface area contributed by atoms with Gasteiger partial charge in [-0.2, -0.15) is 0 Å². The van der Waals surface area contributed by atoms with E-state index in [9.17, 15) is 9.59 Å². The van der Waals surface area contributed by atoms with Crippen molar-refractivity contribution in [1.82, 2.24) is 15.5 Å². The second-order valence-electron chi connectivity index (χ2n) is 4.67. The number of amides is 2. The van der Waals surface area contributed by atoms with E-state index in [2.05, 4.69) is 10.6 Å². The molecule has 1 aliphatic heterocycles. The van der Waals surface area contributed by atoms with Crippen molar-refractivity contribution in [1.29, 1.82) is 0 Å². The molecule has 0 radical (unpaired) electrons. The van der Waals surface area contributed by atoms with Crippen LogP contribution >= 0.6 is 0 Å². The molecule has 5 heteroatoms. The monoisotopic (exact) mass is 241 g/mol. The Morgan fingerprint density at radius 3 is 2.76 bits per heavy atom. The molecule has 1 aliphatic rings. The van der Waals surface area contributed by atoms with Gasteiger partial charge in [0.25, 0.3) is 0 Å². The van der Waals surface area contributed by atoms with E-state index in [1.165, 1.54) is 0 Å². The lowest BCUT2D eigenvalue weighted by molar-refractivity contribution is -0.136. The van der Waals surface area contributed by atoms with Crippen LogP contribution in [0.5, 0.6) is 0 Å². The highest BCUT2D eigenvalue weighted by molar-refractivity contribution is 5.81. The molecule has 1 heterocycles. The van der Waals surface area contributed by atoms with Crippen molar-refractivity contribution in [2.75, 3.05) is 27.2 Å². The predicted molar refractivity (Wildman–Crippen MR) is 66.5 cm³/mol. The van der Waals surface area contributed by atoms with Crippen molar-refractivity contribution in [3.63, 3.8) is 0 Å². The van der Waals surface area contributed by atoms with Crippen molar-refractivity contribution in [2.24, 2.45) is 5.92 Å². The lowest BCUT2D eigenvalue weighted by Gasteiger charge is -2.32. The number of rotatable bonds is 4. The van der Waals surface area contributed by atoms with Gasteiger partial charge in [0.2, 0.25) is 11.8 Å². The van der Waals surface area contributed by atoms with Gasteiger partial charge in [0, 0.05) is 33.1 Å². The molecule has 1 rings (SSSR count). The second-order valence-corrected chi connectivity index (χ2v) is 4.67. The number of nitrogens with zero attached hydrogens (tertiary/aromatic N) is 1. The summed E-state index contributed by atoms with van der Waals surface area (Å²) in [6.07, 6.45) is 2.36. The van der Waals surface area contributed by atoms with E-state index in [0.717, 1.165) is 19.4 Å². The summed E-state index contributed by atoms with van der Waals surface area (Å²) in [7, 11) is 3.38. The standard InChI is InChI=1S/C12H23N3O2/c1-9-10(5-4-7-14-9)12(17)15(3)8-6-11(16)13-2/h9-10,14H,4-8H2,1-3H3,(H,13,16). The van der Waals surface area contributed by atoms with Crippen molar-refractivity contribution >= 4 is 11.8 Å². The highest BCUT2D eigenvalue weighted by atomic mass is 16.2. The largest absolute Gasteiger partial charge is 0.359 e. The number of carbonyl (C=O) groups excluding carboxylic acids is 2. The van der Waals surface area contributed by atoms with Gasteiger partial charge in [0.1, 0.15) is 0 Å². The first kappa shape index (κ1) is 14.0. The summed E-state index contributed by atoms with van der Waals surface area (Å²) in [6, 6.07) is 0.235. The Labute approximate surface area is 103 Å². The first-order valence-corrected chi connectivity index (χ1v) is 6.25. The van der Waals surface area contributed by atoms with Gasteiger partial charge in [-0.15, -0.1) is 0 Å². The van der Waals surface area contributed by atoms with Gasteiger partial charge in [-0.05, 0) is 26.3 Å². The molecule has 0 saturated carbocycles. The lowest BCUT2D eigenvalue weighted by atomic mass is 9.91. The molecule has 1 fully saturated rings. The Balaban J connectivity index is 2.42. The second kappa shape index (κ2) is 6.59. The summed E-state index contributed by atoms with van der Waals surface area (Å²) in [5.74, 6) is 0.173. The lowest BCUT2D eigenvalue weighted by Crippen LogP contribution is -2.47. The summed E-state index contributed by atoms with van der Waals surface area (Å²) in [5, 5.41) is 5.88. The molecule has 5 nitrogen and oxygen atoms in total. The number of carbonyl (C=O) groups is 2. The molecule has 2 amide bonds. The zero-order chi connectivity index (χ0) is 12.8. The molecule has 2 atom stereocenters. The van der Waals surface area contributed by atoms with Gasteiger partial charge in [-0.1, -0.05) is 0 Å². The molecular weight excluding hydrogens is 218 g/mol. The van der Waals surface area contributed by atoms with E-state index in [0.29, 0.717) is 13.0 Å². The third-order valence-corrected chi connectivity index (χ3v) is 3.41. The minimum Gasteiger partial charge on any atom is -0.359 e. The molecule has 0 aliphatic carbocycles. The summed E-state index contributed by atoms with van der Waals surface area (Å²) >= 11 is 0. The quantitative estimate of drug-likeness (QED) is 0.726. The van der Waals surface area contributed by atoms with E-state index in [1.54, 1.807) is 19.0 Å². The SMILES string of the molecule is CNC(=O)CCN(C)C(=O)C1CCCNC1C. The topological polar surface area (TPSA) is 61.4 Å². The number of nitrogens with one attached hydrogen (secondary N) is 2. The van der Waals surface area contributed by atoms with Crippen molar-refractivity contribution in [3.05, 3.63) is 0 Å². The Kier molecular flexibility index (Phi) is 5.41. The van der Waals surface area contributed by atoms with Gasteiger partial charge in [0.15, 0.2) is 0 Å². The Hall–Kier alpha value is -1.10. The first-order valence-electron chi connectivity index (χ1n) is 6.25.